The van der Waals surface area contributed by atoms with E-state index < -0.39 is 0 Å². The number of halogens is 2. The lowest BCUT2D eigenvalue weighted by atomic mass is 10.6. The van der Waals surface area contributed by atoms with E-state index in [1.165, 1.54) is 6.33 Å². The Hall–Kier alpha value is -0.350. The molecule has 0 aliphatic heterocycles. The Morgan fingerprint density at radius 1 is 1.56 bits per heavy atom. The van der Waals surface area contributed by atoms with Crippen LogP contribution in [0.5, 0.6) is 0 Å². The number of hydrogen-bond donors (Lipinski definition) is 1. The third-order valence-electron chi connectivity index (χ3n) is 0.774. The van der Waals surface area contributed by atoms with Gasteiger partial charge in [0.1, 0.15) is 17.3 Å². The van der Waals surface area contributed by atoms with Gasteiger partial charge in [0.25, 0.3) is 0 Å². The van der Waals surface area contributed by atoms with Crippen LogP contribution in [0.25, 0.3) is 0 Å². The zero-order chi connectivity index (χ0) is 6.85. The average molecular weight is 208 g/mol. The summed E-state index contributed by atoms with van der Waals surface area (Å²) in [7, 11) is 0. The topological polar surface area (TPSA) is 51.8 Å². The maximum atomic E-state index is 5.54. The number of hydrogen-bond acceptors (Lipinski definition) is 3. The molecule has 0 amide bonds. The molecule has 1 heterocycles. The Kier molecular flexibility index (Phi) is 1.87. The van der Waals surface area contributed by atoms with Gasteiger partial charge in [-0.3, -0.25) is 0 Å². The molecule has 3 nitrogen and oxygen atoms in total. The normalized spacial score (nSPS) is 9.56. The molecule has 0 aliphatic carbocycles. The van der Waals surface area contributed by atoms with Gasteiger partial charge in [0.05, 0.1) is 4.47 Å². The molecule has 5 heteroatoms. The summed E-state index contributed by atoms with van der Waals surface area (Å²) in [5.41, 5.74) is 5.34. The van der Waals surface area contributed by atoms with E-state index >= 15 is 0 Å². The highest BCUT2D eigenvalue weighted by Crippen LogP contribution is 2.22. The molecule has 1 aromatic heterocycles. The van der Waals surface area contributed by atoms with Gasteiger partial charge in [0.2, 0.25) is 0 Å². The van der Waals surface area contributed by atoms with Crippen molar-refractivity contribution in [3.05, 3.63) is 16.0 Å². The molecule has 0 aliphatic rings. The number of anilines is 1. The maximum Gasteiger partial charge on any atom is 0.148 e. The Balaban J connectivity index is 3.25. The summed E-state index contributed by atoms with van der Waals surface area (Å²) in [6.07, 6.45) is 1.31. The first-order valence-electron chi connectivity index (χ1n) is 2.13. The number of nitrogens with zero attached hydrogens (tertiary/aromatic N) is 2. The van der Waals surface area contributed by atoms with Crippen LogP contribution in [0.1, 0.15) is 0 Å². The first-order chi connectivity index (χ1) is 4.22. The lowest BCUT2D eigenvalue weighted by molar-refractivity contribution is 1.16. The summed E-state index contributed by atoms with van der Waals surface area (Å²) in [5.74, 6) is 0.356. The quantitative estimate of drug-likeness (QED) is 0.657. The minimum absolute atomic E-state index is 0.336. The molecule has 1 rings (SSSR count). The highest BCUT2D eigenvalue weighted by molar-refractivity contribution is 9.10. The standard InChI is InChI=1S/C4H3BrClN3/c5-2-3(6)8-1-9-4(2)7/h1H,(H2,7,8,9). The van der Waals surface area contributed by atoms with Crippen LogP contribution in [0.2, 0.25) is 5.15 Å². The molecule has 0 radical (unpaired) electrons. The predicted octanol–water partition coefficient (Wildman–Crippen LogP) is 1.47. The van der Waals surface area contributed by atoms with E-state index in [4.69, 9.17) is 17.3 Å². The molecule has 0 fully saturated rings. The minimum Gasteiger partial charge on any atom is -0.383 e. The minimum atomic E-state index is 0.336. The van der Waals surface area contributed by atoms with E-state index in [1.54, 1.807) is 0 Å². The van der Waals surface area contributed by atoms with Crippen molar-refractivity contribution in [3.8, 4) is 0 Å². The Bertz CT molecular complexity index is 207. The van der Waals surface area contributed by atoms with Crippen molar-refractivity contribution in [2.45, 2.75) is 0 Å². The molecular formula is C4H3BrClN3. The fraction of sp³-hybridized carbons (Fsp3) is 0. The van der Waals surface area contributed by atoms with Crippen molar-refractivity contribution in [2.75, 3.05) is 5.73 Å². The van der Waals surface area contributed by atoms with Gasteiger partial charge < -0.3 is 5.73 Å². The fourth-order valence-electron chi connectivity index (χ4n) is 0.361. The van der Waals surface area contributed by atoms with E-state index in [-0.39, 0.29) is 0 Å². The van der Waals surface area contributed by atoms with Crippen LogP contribution in [0, 0.1) is 0 Å². The molecule has 9 heavy (non-hydrogen) atoms. The van der Waals surface area contributed by atoms with Crippen LogP contribution < -0.4 is 5.73 Å². The number of nitrogen functional groups attached to an aromatic ring is 1. The highest BCUT2D eigenvalue weighted by Gasteiger charge is 2.00. The summed E-state index contributed by atoms with van der Waals surface area (Å²) >= 11 is 8.63. The van der Waals surface area contributed by atoms with Crippen LogP contribution in [-0.2, 0) is 0 Å². The molecule has 0 atom stereocenters. The summed E-state index contributed by atoms with van der Waals surface area (Å²) in [6.45, 7) is 0. The summed E-state index contributed by atoms with van der Waals surface area (Å²) in [5, 5.41) is 0.336. The zero-order valence-electron chi connectivity index (χ0n) is 4.31. The molecule has 1 aromatic rings. The van der Waals surface area contributed by atoms with Crippen LogP contribution in [0.15, 0.2) is 10.8 Å². The first kappa shape index (κ1) is 6.77. The third-order valence-corrected chi connectivity index (χ3v) is 2.07. The molecule has 0 unspecified atom stereocenters. The van der Waals surface area contributed by atoms with Gasteiger partial charge in [-0.1, -0.05) is 11.6 Å². The second-order valence-electron chi connectivity index (χ2n) is 1.36. The summed E-state index contributed by atoms with van der Waals surface area (Å²) in [6, 6.07) is 0. The third kappa shape index (κ3) is 1.31. The van der Waals surface area contributed by atoms with Gasteiger partial charge in [-0.15, -0.1) is 0 Å². The van der Waals surface area contributed by atoms with E-state index in [2.05, 4.69) is 25.9 Å². The van der Waals surface area contributed by atoms with Crippen molar-refractivity contribution in [1.82, 2.24) is 9.97 Å². The molecule has 0 spiro atoms. The van der Waals surface area contributed by atoms with Crippen LogP contribution >= 0.6 is 27.5 Å². The Morgan fingerprint density at radius 3 is 2.67 bits per heavy atom. The van der Waals surface area contributed by atoms with Crippen LogP contribution in [0.3, 0.4) is 0 Å². The molecule has 0 saturated carbocycles. The van der Waals surface area contributed by atoms with Gasteiger partial charge in [-0.05, 0) is 15.9 Å². The predicted molar refractivity (Wildman–Crippen MR) is 39.2 cm³/mol. The lowest BCUT2D eigenvalue weighted by Gasteiger charge is -1.94. The average Bonchev–Trinajstić information content (AvgIpc) is 1.83. The van der Waals surface area contributed by atoms with Gasteiger partial charge >= 0.3 is 0 Å². The highest BCUT2D eigenvalue weighted by atomic mass is 79.9. The van der Waals surface area contributed by atoms with Gasteiger partial charge in [-0.2, -0.15) is 0 Å². The molecule has 0 bridgehead atoms. The van der Waals surface area contributed by atoms with E-state index in [0.717, 1.165) is 0 Å². The molecule has 0 saturated heterocycles. The summed E-state index contributed by atoms with van der Waals surface area (Å²) in [4.78, 5) is 7.34. The maximum absolute atomic E-state index is 5.54. The van der Waals surface area contributed by atoms with Crippen molar-refractivity contribution >= 4 is 33.3 Å². The Labute approximate surface area is 65.4 Å². The van der Waals surface area contributed by atoms with Crippen molar-refractivity contribution in [3.63, 3.8) is 0 Å². The van der Waals surface area contributed by atoms with Gasteiger partial charge in [-0.25, -0.2) is 9.97 Å². The van der Waals surface area contributed by atoms with Gasteiger partial charge in [0, 0.05) is 0 Å². The van der Waals surface area contributed by atoms with Crippen molar-refractivity contribution < 1.29 is 0 Å². The fourth-order valence-corrected chi connectivity index (χ4v) is 0.706. The number of nitrogens with two attached hydrogens (primary N) is 1. The zero-order valence-corrected chi connectivity index (χ0v) is 6.65. The lowest BCUT2D eigenvalue weighted by Crippen LogP contribution is -1.92. The second kappa shape index (κ2) is 2.49. The Morgan fingerprint density at radius 2 is 2.22 bits per heavy atom. The second-order valence-corrected chi connectivity index (χ2v) is 2.51. The van der Waals surface area contributed by atoms with Crippen LogP contribution in [0.4, 0.5) is 5.82 Å². The number of aromatic nitrogens is 2. The smallest absolute Gasteiger partial charge is 0.148 e. The largest absolute Gasteiger partial charge is 0.383 e. The monoisotopic (exact) mass is 207 g/mol. The van der Waals surface area contributed by atoms with Gasteiger partial charge in [0.15, 0.2) is 0 Å². The van der Waals surface area contributed by atoms with Crippen LogP contribution in [-0.4, -0.2) is 9.97 Å². The van der Waals surface area contributed by atoms with E-state index in [1.807, 2.05) is 0 Å². The van der Waals surface area contributed by atoms with Crippen molar-refractivity contribution in [2.24, 2.45) is 0 Å². The van der Waals surface area contributed by atoms with E-state index in [9.17, 15) is 0 Å². The molecule has 2 N–H and O–H groups in total. The molecular weight excluding hydrogens is 205 g/mol. The first-order valence-corrected chi connectivity index (χ1v) is 3.30. The number of rotatable bonds is 0. The SMILES string of the molecule is Nc1ncnc(Cl)c1Br. The molecule has 48 valence electrons. The van der Waals surface area contributed by atoms with Crippen molar-refractivity contribution in [1.29, 1.82) is 0 Å². The van der Waals surface area contributed by atoms with E-state index in [0.29, 0.717) is 15.4 Å². The molecule has 0 aromatic carbocycles. The summed E-state index contributed by atoms with van der Waals surface area (Å²) < 4.78 is 0.548.